The van der Waals surface area contributed by atoms with Crippen molar-refractivity contribution in [2.24, 2.45) is 0 Å². The van der Waals surface area contributed by atoms with Gasteiger partial charge in [0.2, 0.25) is 0 Å². The van der Waals surface area contributed by atoms with Gasteiger partial charge in [0.1, 0.15) is 13.2 Å². The number of ether oxygens (including phenoxy) is 1. The van der Waals surface area contributed by atoms with Crippen molar-refractivity contribution in [3.8, 4) is 10.6 Å². The molecule has 0 saturated heterocycles. The van der Waals surface area contributed by atoms with Crippen LogP contribution in [0.3, 0.4) is 0 Å². The molecule has 0 radical (unpaired) electrons. The van der Waals surface area contributed by atoms with Gasteiger partial charge in [0.15, 0.2) is 11.0 Å². The quantitative estimate of drug-likeness (QED) is 0.693. The second-order valence-electron chi connectivity index (χ2n) is 5.15. The number of carbonyl (C=O) groups is 1. The highest BCUT2D eigenvalue weighted by Gasteiger charge is 2.19. The number of hydrogen-bond acceptors (Lipinski definition) is 6. The minimum atomic E-state index is -0.579. The summed E-state index contributed by atoms with van der Waals surface area (Å²) < 4.78 is 6.44. The van der Waals surface area contributed by atoms with Gasteiger partial charge in [0.25, 0.3) is 5.56 Å². The Bertz CT molecular complexity index is 940. The summed E-state index contributed by atoms with van der Waals surface area (Å²) in [7, 11) is 0. The van der Waals surface area contributed by atoms with Gasteiger partial charge in [-0.3, -0.25) is 14.2 Å². The maximum atomic E-state index is 12.4. The second kappa shape index (κ2) is 7.50. The van der Waals surface area contributed by atoms with E-state index in [9.17, 15) is 9.59 Å². The first-order chi connectivity index (χ1) is 12.1. The first kappa shape index (κ1) is 17.2. The maximum absolute atomic E-state index is 12.4. The van der Waals surface area contributed by atoms with Crippen LogP contribution in [0.4, 0.5) is 5.82 Å². The molecule has 3 rings (SSSR count). The van der Waals surface area contributed by atoms with E-state index in [1.165, 1.54) is 15.9 Å². The fraction of sp³-hybridized carbons (Fsp3) is 0.118. The lowest BCUT2D eigenvalue weighted by molar-refractivity contribution is -0.145. The van der Waals surface area contributed by atoms with Crippen LogP contribution in [-0.2, 0) is 22.7 Å². The molecular weight excluding hydrogens is 362 g/mol. The molecule has 3 aromatic rings. The predicted octanol–water partition coefficient (Wildman–Crippen LogP) is 2.95. The van der Waals surface area contributed by atoms with E-state index in [4.69, 9.17) is 22.1 Å². The van der Waals surface area contributed by atoms with Crippen molar-refractivity contribution >= 4 is 34.7 Å². The summed E-state index contributed by atoms with van der Waals surface area (Å²) in [5.74, 6) is -0.827. The molecule has 0 atom stereocenters. The molecule has 1 aromatic carbocycles. The van der Waals surface area contributed by atoms with Crippen LogP contribution < -0.4 is 11.3 Å². The zero-order chi connectivity index (χ0) is 17.8. The van der Waals surface area contributed by atoms with Gasteiger partial charge in [-0.1, -0.05) is 48.0 Å². The van der Waals surface area contributed by atoms with Gasteiger partial charge in [0, 0.05) is 0 Å². The molecule has 2 heterocycles. The molecule has 6 nitrogen and oxygen atoms in total. The topological polar surface area (TPSA) is 87.2 Å². The van der Waals surface area contributed by atoms with Crippen LogP contribution in [0.15, 0.2) is 52.6 Å². The Kier molecular flexibility index (Phi) is 5.16. The molecule has 0 amide bonds. The lowest BCUT2D eigenvalue weighted by atomic mass is 10.2. The third-order valence-electron chi connectivity index (χ3n) is 3.43. The van der Waals surface area contributed by atoms with Gasteiger partial charge in [-0.25, -0.2) is 4.98 Å². The highest BCUT2D eigenvalue weighted by molar-refractivity contribution is 7.13. The van der Waals surface area contributed by atoms with E-state index in [1.54, 1.807) is 6.07 Å². The van der Waals surface area contributed by atoms with Crippen LogP contribution in [-0.4, -0.2) is 15.5 Å². The van der Waals surface area contributed by atoms with Gasteiger partial charge in [-0.2, -0.15) is 0 Å². The van der Waals surface area contributed by atoms with Crippen molar-refractivity contribution in [3.63, 3.8) is 0 Å². The molecule has 0 aliphatic rings. The third-order valence-corrected chi connectivity index (χ3v) is 4.57. The summed E-state index contributed by atoms with van der Waals surface area (Å²) in [5, 5.41) is 1.90. The largest absolute Gasteiger partial charge is 0.459 e. The molecule has 2 aromatic heterocycles. The van der Waals surface area contributed by atoms with Gasteiger partial charge < -0.3 is 10.5 Å². The molecule has 25 heavy (non-hydrogen) atoms. The van der Waals surface area contributed by atoms with Crippen LogP contribution in [0, 0.1) is 0 Å². The molecule has 0 fully saturated rings. The van der Waals surface area contributed by atoms with Crippen LogP contribution in [0.2, 0.25) is 5.15 Å². The minimum absolute atomic E-state index is 0.0652. The Morgan fingerprint density at radius 1 is 1.24 bits per heavy atom. The van der Waals surface area contributed by atoms with Gasteiger partial charge in [-0.15, -0.1) is 11.3 Å². The smallest absolute Gasteiger partial charge is 0.326 e. The number of anilines is 1. The lowest BCUT2D eigenvalue weighted by Crippen LogP contribution is -2.29. The Labute approximate surface area is 152 Å². The molecule has 0 bridgehead atoms. The average molecular weight is 376 g/mol. The van der Waals surface area contributed by atoms with Crippen LogP contribution in [0.25, 0.3) is 10.6 Å². The first-order valence-corrected chi connectivity index (χ1v) is 8.61. The fourth-order valence-corrected chi connectivity index (χ4v) is 3.40. The number of nitrogen functional groups attached to an aromatic ring is 1. The van der Waals surface area contributed by atoms with Crippen molar-refractivity contribution in [3.05, 3.63) is 68.9 Å². The van der Waals surface area contributed by atoms with Crippen molar-refractivity contribution in [2.75, 3.05) is 5.73 Å². The Hall–Kier alpha value is -2.64. The molecular formula is C17H14ClN3O3S. The van der Waals surface area contributed by atoms with E-state index in [1.807, 2.05) is 41.8 Å². The highest BCUT2D eigenvalue weighted by atomic mass is 35.5. The number of thiophene rings is 1. The molecule has 0 aliphatic heterocycles. The summed E-state index contributed by atoms with van der Waals surface area (Å²) in [5.41, 5.74) is 6.24. The number of halogens is 1. The van der Waals surface area contributed by atoms with E-state index in [0.29, 0.717) is 10.6 Å². The summed E-state index contributed by atoms with van der Waals surface area (Å²) in [6.45, 7) is -0.178. The number of hydrogen-bond donors (Lipinski definition) is 1. The van der Waals surface area contributed by atoms with E-state index in [0.717, 1.165) is 5.56 Å². The number of aromatic nitrogens is 2. The van der Waals surface area contributed by atoms with Crippen LogP contribution in [0.5, 0.6) is 0 Å². The highest BCUT2D eigenvalue weighted by Crippen LogP contribution is 2.29. The molecule has 128 valence electrons. The molecule has 0 unspecified atom stereocenters. The zero-order valence-corrected chi connectivity index (χ0v) is 14.6. The van der Waals surface area contributed by atoms with E-state index >= 15 is 0 Å². The number of rotatable bonds is 5. The SMILES string of the molecule is Nc1nc(Cl)c(-c2cccs2)n(CC(=O)OCc2ccccc2)c1=O. The number of esters is 1. The average Bonchev–Trinajstić information content (AvgIpc) is 3.12. The Balaban J connectivity index is 1.86. The van der Waals surface area contributed by atoms with Gasteiger partial charge in [-0.05, 0) is 17.0 Å². The number of nitrogens with two attached hydrogens (primary N) is 1. The lowest BCUT2D eigenvalue weighted by Gasteiger charge is -2.13. The van der Waals surface area contributed by atoms with Crippen LogP contribution >= 0.6 is 22.9 Å². The van der Waals surface area contributed by atoms with Gasteiger partial charge >= 0.3 is 5.97 Å². The number of benzene rings is 1. The molecule has 0 spiro atoms. The summed E-state index contributed by atoms with van der Waals surface area (Å²) in [6, 6.07) is 12.9. The Morgan fingerprint density at radius 3 is 2.68 bits per heavy atom. The fourth-order valence-electron chi connectivity index (χ4n) is 2.27. The monoisotopic (exact) mass is 375 g/mol. The third kappa shape index (κ3) is 3.89. The van der Waals surface area contributed by atoms with Gasteiger partial charge in [0.05, 0.1) is 10.6 Å². The molecule has 0 aliphatic carbocycles. The first-order valence-electron chi connectivity index (χ1n) is 7.35. The van der Waals surface area contributed by atoms with Crippen molar-refractivity contribution in [1.29, 1.82) is 0 Å². The number of nitrogens with zero attached hydrogens (tertiary/aromatic N) is 2. The zero-order valence-electron chi connectivity index (χ0n) is 13.0. The van der Waals surface area contributed by atoms with E-state index < -0.39 is 11.5 Å². The summed E-state index contributed by atoms with van der Waals surface area (Å²) in [4.78, 5) is 29.1. The summed E-state index contributed by atoms with van der Waals surface area (Å²) >= 11 is 7.54. The predicted molar refractivity (Wildman–Crippen MR) is 97.5 cm³/mol. The van der Waals surface area contributed by atoms with Crippen LogP contribution in [0.1, 0.15) is 5.56 Å². The van der Waals surface area contributed by atoms with E-state index in [-0.39, 0.29) is 24.1 Å². The Morgan fingerprint density at radius 2 is 2.00 bits per heavy atom. The van der Waals surface area contributed by atoms with E-state index in [2.05, 4.69) is 4.98 Å². The van der Waals surface area contributed by atoms with Crippen molar-refractivity contribution < 1.29 is 9.53 Å². The maximum Gasteiger partial charge on any atom is 0.326 e. The summed E-state index contributed by atoms with van der Waals surface area (Å²) in [6.07, 6.45) is 0. The van der Waals surface area contributed by atoms with Crippen molar-refractivity contribution in [2.45, 2.75) is 13.2 Å². The minimum Gasteiger partial charge on any atom is -0.459 e. The standard InChI is InChI=1S/C17H14ClN3O3S/c18-15-14(12-7-4-8-25-12)21(17(23)16(19)20-15)9-13(22)24-10-11-5-2-1-3-6-11/h1-8H,9-10H2,(H2,19,20). The molecule has 2 N–H and O–H groups in total. The molecule has 8 heteroatoms. The van der Waals surface area contributed by atoms with Crippen molar-refractivity contribution in [1.82, 2.24) is 9.55 Å². The second-order valence-corrected chi connectivity index (χ2v) is 6.46. The normalized spacial score (nSPS) is 10.6. The molecule has 0 saturated carbocycles. The number of carbonyl (C=O) groups excluding carboxylic acids is 1.